The van der Waals surface area contributed by atoms with Gasteiger partial charge in [0.1, 0.15) is 12.1 Å². The van der Waals surface area contributed by atoms with E-state index in [1.807, 2.05) is 25.1 Å². The number of para-hydroxylation sites is 1. The Morgan fingerprint density at radius 3 is 2.66 bits per heavy atom. The van der Waals surface area contributed by atoms with Gasteiger partial charge in [-0.3, -0.25) is 24.1 Å². The number of carboxylic acids is 1. The Hall–Kier alpha value is -3.96. The van der Waals surface area contributed by atoms with Gasteiger partial charge in [0.2, 0.25) is 17.7 Å². The molecule has 3 rings (SSSR count). The number of hydrogen-bond donors (Lipinski definition) is 5. The quantitative estimate of drug-likeness (QED) is 0.242. The SMILES string of the molecule is CC[C@@H](/C=N\NC(N)=O)NC(=O)[C@@H]1Cc2cccc3c2N1C(=O)[C@@H](NC(=O)[C@@H](C)CC(=O)O)CC3. The zero-order valence-corrected chi connectivity index (χ0v) is 19.6. The predicted molar refractivity (Wildman–Crippen MR) is 127 cm³/mol. The number of hydrazone groups is 1. The summed E-state index contributed by atoms with van der Waals surface area (Å²) in [5.41, 5.74) is 9.52. The van der Waals surface area contributed by atoms with Gasteiger partial charge in [-0.2, -0.15) is 5.10 Å². The Balaban J connectivity index is 1.82. The first-order valence-electron chi connectivity index (χ1n) is 11.5. The monoisotopic (exact) mass is 486 g/mol. The lowest BCUT2D eigenvalue weighted by molar-refractivity contribution is -0.141. The van der Waals surface area contributed by atoms with Crippen molar-refractivity contribution < 1.29 is 29.1 Å². The van der Waals surface area contributed by atoms with Crippen molar-refractivity contribution in [2.75, 3.05) is 4.90 Å². The molecule has 1 aromatic carbocycles. The van der Waals surface area contributed by atoms with Crippen LogP contribution in [0.3, 0.4) is 0 Å². The number of nitrogens with one attached hydrogen (secondary N) is 3. The Labute approximate surface area is 202 Å². The average Bonchev–Trinajstić information content (AvgIpc) is 3.13. The Bertz CT molecular complexity index is 1060. The molecule has 0 radical (unpaired) electrons. The molecule has 0 unspecified atom stereocenters. The number of anilines is 1. The zero-order valence-electron chi connectivity index (χ0n) is 19.6. The van der Waals surface area contributed by atoms with Gasteiger partial charge < -0.3 is 21.5 Å². The number of aryl methyl sites for hydroxylation is 1. The lowest BCUT2D eigenvalue weighted by Crippen LogP contribution is -2.56. The van der Waals surface area contributed by atoms with Crippen LogP contribution in [0.1, 0.15) is 44.2 Å². The topological polar surface area (TPSA) is 183 Å². The second-order valence-electron chi connectivity index (χ2n) is 8.73. The highest BCUT2D eigenvalue weighted by molar-refractivity contribution is 6.08. The van der Waals surface area contributed by atoms with Crippen molar-refractivity contribution in [1.82, 2.24) is 16.1 Å². The Kier molecular flexibility index (Phi) is 8.05. The number of nitrogens with zero attached hydrogens (tertiary/aromatic N) is 2. The van der Waals surface area contributed by atoms with E-state index in [4.69, 9.17) is 10.8 Å². The first-order valence-corrected chi connectivity index (χ1v) is 11.5. The summed E-state index contributed by atoms with van der Waals surface area (Å²) in [5, 5.41) is 18.2. The summed E-state index contributed by atoms with van der Waals surface area (Å²) in [6.07, 6.45) is 2.64. The highest BCUT2D eigenvalue weighted by Crippen LogP contribution is 2.39. The third kappa shape index (κ3) is 5.94. The highest BCUT2D eigenvalue weighted by atomic mass is 16.4. The second-order valence-corrected chi connectivity index (χ2v) is 8.73. The molecule has 5 amide bonds. The highest BCUT2D eigenvalue weighted by Gasteiger charge is 2.44. The predicted octanol–water partition coefficient (Wildman–Crippen LogP) is 0.0350. The number of carboxylic acid groups (broad SMARTS) is 1. The molecule has 2 aliphatic heterocycles. The fourth-order valence-corrected chi connectivity index (χ4v) is 4.36. The van der Waals surface area contributed by atoms with Gasteiger partial charge in [0, 0.05) is 18.6 Å². The molecule has 6 N–H and O–H groups in total. The maximum absolute atomic E-state index is 13.6. The van der Waals surface area contributed by atoms with Crippen molar-refractivity contribution >= 4 is 41.6 Å². The van der Waals surface area contributed by atoms with Crippen molar-refractivity contribution in [2.45, 2.75) is 64.1 Å². The van der Waals surface area contributed by atoms with Gasteiger partial charge in [0.15, 0.2) is 0 Å². The van der Waals surface area contributed by atoms with Crippen LogP contribution in [0.4, 0.5) is 10.5 Å². The molecule has 4 atom stereocenters. The molecular weight excluding hydrogens is 456 g/mol. The van der Waals surface area contributed by atoms with Crippen LogP contribution < -0.4 is 26.7 Å². The molecule has 35 heavy (non-hydrogen) atoms. The number of aliphatic carboxylic acids is 1. The standard InChI is InChI=1S/C23H30N6O6/c1-3-15(11-25-28-23(24)35)26-21(33)17-10-14-6-4-5-13-7-8-16(22(34)29(17)19(13)14)27-20(32)12(2)9-18(30)31/h4-6,11-12,15-17H,3,7-10H2,1-2H3,(H,26,33)(H,27,32)(H,30,31)(H3,24,28,35)/b25-11-/t12-,15-,16-,17-/m0/s1. The number of amides is 5. The van der Waals surface area contributed by atoms with Crippen molar-refractivity contribution in [2.24, 2.45) is 16.8 Å². The molecule has 0 bridgehead atoms. The van der Waals surface area contributed by atoms with E-state index < -0.39 is 53.8 Å². The average molecular weight is 487 g/mol. The summed E-state index contributed by atoms with van der Waals surface area (Å²) >= 11 is 0. The number of hydrogen-bond acceptors (Lipinski definition) is 6. The summed E-state index contributed by atoms with van der Waals surface area (Å²) in [7, 11) is 0. The molecule has 12 nitrogen and oxygen atoms in total. The summed E-state index contributed by atoms with van der Waals surface area (Å²) in [5.74, 6) is -3.25. The van der Waals surface area contributed by atoms with Crippen LogP contribution in [0.25, 0.3) is 0 Å². The van der Waals surface area contributed by atoms with Crippen LogP contribution in [-0.2, 0) is 32.0 Å². The molecule has 188 valence electrons. The van der Waals surface area contributed by atoms with Crippen LogP contribution in [0, 0.1) is 5.92 Å². The van der Waals surface area contributed by atoms with E-state index >= 15 is 0 Å². The summed E-state index contributed by atoms with van der Waals surface area (Å²) in [6.45, 7) is 3.31. The number of urea groups is 1. The third-order valence-corrected chi connectivity index (χ3v) is 6.15. The number of nitrogens with two attached hydrogens (primary N) is 1. The number of primary amides is 1. The smallest absolute Gasteiger partial charge is 0.332 e. The van der Waals surface area contributed by atoms with Crippen molar-refractivity contribution in [3.05, 3.63) is 29.3 Å². The van der Waals surface area contributed by atoms with Crippen molar-refractivity contribution in [3.8, 4) is 0 Å². The maximum atomic E-state index is 13.6. The molecule has 2 aliphatic rings. The molecule has 0 fully saturated rings. The maximum Gasteiger partial charge on any atom is 0.332 e. The first kappa shape index (κ1) is 25.7. The molecule has 0 spiro atoms. The van der Waals surface area contributed by atoms with E-state index in [1.165, 1.54) is 18.0 Å². The molecular formula is C23H30N6O6. The lowest BCUT2D eigenvalue weighted by Gasteiger charge is -2.29. The van der Waals surface area contributed by atoms with E-state index in [-0.39, 0.29) is 6.42 Å². The van der Waals surface area contributed by atoms with Crippen molar-refractivity contribution in [3.63, 3.8) is 0 Å². The largest absolute Gasteiger partial charge is 0.481 e. The summed E-state index contributed by atoms with van der Waals surface area (Å²) < 4.78 is 0. The van der Waals surface area contributed by atoms with Gasteiger partial charge in [0.25, 0.3) is 0 Å². The number of carbonyl (C=O) groups is 5. The molecule has 0 aliphatic carbocycles. The summed E-state index contributed by atoms with van der Waals surface area (Å²) in [6, 6.07) is 2.58. The minimum Gasteiger partial charge on any atom is -0.481 e. The van der Waals surface area contributed by atoms with Crippen LogP contribution in [0.2, 0.25) is 0 Å². The molecule has 1 aromatic rings. The van der Waals surface area contributed by atoms with Crippen molar-refractivity contribution in [1.29, 1.82) is 0 Å². The minimum absolute atomic E-state index is 0.309. The van der Waals surface area contributed by atoms with E-state index in [0.717, 1.165) is 11.1 Å². The van der Waals surface area contributed by atoms with Gasteiger partial charge in [-0.25, -0.2) is 10.2 Å². The molecule has 12 heteroatoms. The lowest BCUT2D eigenvalue weighted by atomic mass is 10.0. The van der Waals surface area contributed by atoms with Crippen LogP contribution in [-0.4, -0.2) is 59.2 Å². The number of carbonyl (C=O) groups excluding carboxylic acids is 4. The van der Waals surface area contributed by atoms with E-state index in [0.29, 0.717) is 31.4 Å². The van der Waals surface area contributed by atoms with E-state index in [2.05, 4.69) is 21.2 Å². The third-order valence-electron chi connectivity index (χ3n) is 6.15. The van der Waals surface area contributed by atoms with Crippen LogP contribution >= 0.6 is 0 Å². The number of benzene rings is 1. The Morgan fingerprint density at radius 2 is 2.00 bits per heavy atom. The van der Waals surface area contributed by atoms with Gasteiger partial charge in [0.05, 0.1) is 18.2 Å². The molecule has 0 saturated carbocycles. The Morgan fingerprint density at radius 1 is 1.29 bits per heavy atom. The molecule has 0 aromatic heterocycles. The van der Waals surface area contributed by atoms with Gasteiger partial charge in [-0.1, -0.05) is 32.0 Å². The van der Waals surface area contributed by atoms with Gasteiger partial charge >= 0.3 is 12.0 Å². The number of rotatable bonds is 9. The van der Waals surface area contributed by atoms with Crippen LogP contribution in [0.5, 0.6) is 0 Å². The van der Waals surface area contributed by atoms with E-state index in [1.54, 1.807) is 0 Å². The zero-order chi connectivity index (χ0) is 25.7. The van der Waals surface area contributed by atoms with E-state index in [9.17, 15) is 24.0 Å². The fraction of sp³-hybridized carbons (Fsp3) is 0.478. The normalized spacial score (nSPS) is 20.5. The van der Waals surface area contributed by atoms with Crippen LogP contribution in [0.15, 0.2) is 23.3 Å². The second kappa shape index (κ2) is 11.0. The molecule has 2 heterocycles. The summed E-state index contributed by atoms with van der Waals surface area (Å²) in [4.78, 5) is 62.7. The van der Waals surface area contributed by atoms with Gasteiger partial charge in [-0.15, -0.1) is 0 Å². The molecule has 0 saturated heterocycles. The fourth-order valence-electron chi connectivity index (χ4n) is 4.36. The van der Waals surface area contributed by atoms with Gasteiger partial charge in [-0.05, 0) is 30.4 Å². The minimum atomic E-state index is -1.10. The first-order chi connectivity index (χ1) is 16.6.